The fraction of sp³-hybridized carbons (Fsp3) is 0.500. The van der Waals surface area contributed by atoms with E-state index in [-0.39, 0.29) is 5.69 Å². The van der Waals surface area contributed by atoms with E-state index in [4.69, 9.17) is 0 Å². The van der Waals surface area contributed by atoms with Crippen LogP contribution in [0.5, 0.6) is 0 Å². The first-order valence-corrected chi connectivity index (χ1v) is 3.36. The molecule has 0 aromatic carbocycles. The Morgan fingerprint density at radius 3 is 2.69 bits per heavy atom. The predicted octanol–water partition coefficient (Wildman–Crippen LogP) is 1.04. The minimum Gasteiger partial charge on any atom is -0.293 e. The molecule has 0 atom stereocenters. The fourth-order valence-electron chi connectivity index (χ4n) is 0.817. The average molecular weight is 193 g/mol. The van der Waals surface area contributed by atoms with Crippen LogP contribution in [0, 0.1) is 0 Å². The first-order valence-electron chi connectivity index (χ1n) is 3.36. The molecule has 1 rings (SSSR count). The summed E-state index contributed by atoms with van der Waals surface area (Å²) in [5.74, 6) is -0.491. The van der Waals surface area contributed by atoms with Crippen LogP contribution in [0.15, 0.2) is 6.20 Å². The zero-order chi connectivity index (χ0) is 10.1. The van der Waals surface area contributed by atoms with Crippen molar-refractivity contribution in [3.8, 4) is 0 Å². The summed E-state index contributed by atoms with van der Waals surface area (Å²) in [6, 6.07) is 0. The second kappa shape index (κ2) is 3.15. The number of Topliss-reactive ketones (excluding diaryl/α,β-unsaturated/α-hetero) is 1. The molecule has 0 unspecified atom stereocenters. The van der Waals surface area contributed by atoms with E-state index in [2.05, 4.69) is 10.3 Å². The van der Waals surface area contributed by atoms with E-state index in [1.54, 1.807) is 0 Å². The van der Waals surface area contributed by atoms with Gasteiger partial charge in [-0.1, -0.05) is 5.21 Å². The Balaban J connectivity index is 2.89. The third kappa shape index (κ3) is 2.53. The van der Waals surface area contributed by atoms with Crippen LogP contribution in [-0.2, 0) is 6.54 Å². The van der Waals surface area contributed by atoms with Crippen LogP contribution >= 0.6 is 0 Å². The number of aromatic nitrogens is 3. The summed E-state index contributed by atoms with van der Waals surface area (Å²) in [4.78, 5) is 10.7. The summed E-state index contributed by atoms with van der Waals surface area (Å²) in [6.07, 6.45) is -3.38. The predicted molar refractivity (Wildman–Crippen MR) is 36.1 cm³/mol. The zero-order valence-corrected chi connectivity index (χ0v) is 6.67. The molecule has 0 saturated heterocycles. The van der Waals surface area contributed by atoms with Gasteiger partial charge in [-0.15, -0.1) is 5.10 Å². The van der Waals surface area contributed by atoms with E-state index in [9.17, 15) is 18.0 Å². The number of halogens is 3. The molecule has 0 aliphatic rings. The minimum atomic E-state index is -4.39. The van der Waals surface area contributed by atoms with E-state index in [0.717, 1.165) is 13.1 Å². The second-order valence-corrected chi connectivity index (χ2v) is 2.45. The molecule has 1 aromatic rings. The molecule has 0 fully saturated rings. The molecule has 4 nitrogen and oxygen atoms in total. The molecule has 0 saturated carbocycles. The summed E-state index contributed by atoms with van der Waals surface area (Å²) in [7, 11) is 0. The van der Waals surface area contributed by atoms with E-state index < -0.39 is 18.5 Å². The van der Waals surface area contributed by atoms with E-state index in [0.29, 0.717) is 4.68 Å². The monoisotopic (exact) mass is 193 g/mol. The summed E-state index contributed by atoms with van der Waals surface area (Å²) in [5.41, 5.74) is -0.141. The molecule has 0 radical (unpaired) electrons. The van der Waals surface area contributed by atoms with Gasteiger partial charge in [0.1, 0.15) is 12.2 Å². The van der Waals surface area contributed by atoms with Crippen LogP contribution in [0.1, 0.15) is 17.4 Å². The van der Waals surface area contributed by atoms with Gasteiger partial charge >= 0.3 is 6.18 Å². The summed E-state index contributed by atoms with van der Waals surface area (Å²) in [5, 5.41) is 6.37. The highest BCUT2D eigenvalue weighted by Crippen LogP contribution is 2.17. The quantitative estimate of drug-likeness (QED) is 0.659. The maximum Gasteiger partial charge on any atom is 0.408 e. The topological polar surface area (TPSA) is 47.8 Å². The smallest absolute Gasteiger partial charge is 0.293 e. The second-order valence-electron chi connectivity index (χ2n) is 2.45. The molecule has 1 heterocycles. The maximum atomic E-state index is 11.9. The SMILES string of the molecule is CC(=O)c1cnnn1CC(F)(F)F. The Hall–Kier alpha value is -1.40. The molecule has 13 heavy (non-hydrogen) atoms. The van der Waals surface area contributed by atoms with Gasteiger partial charge in [0.2, 0.25) is 0 Å². The molecule has 0 aliphatic carbocycles. The lowest BCUT2D eigenvalue weighted by molar-refractivity contribution is -0.143. The third-order valence-electron chi connectivity index (χ3n) is 1.31. The van der Waals surface area contributed by atoms with Crippen molar-refractivity contribution in [1.29, 1.82) is 0 Å². The van der Waals surface area contributed by atoms with E-state index in [1.165, 1.54) is 0 Å². The van der Waals surface area contributed by atoms with Gasteiger partial charge in [-0.05, 0) is 0 Å². The largest absolute Gasteiger partial charge is 0.408 e. The Kier molecular flexibility index (Phi) is 2.35. The van der Waals surface area contributed by atoms with Crippen LogP contribution in [0.2, 0.25) is 0 Å². The molecule has 0 aliphatic heterocycles. The van der Waals surface area contributed by atoms with Crippen LogP contribution in [0.4, 0.5) is 13.2 Å². The van der Waals surface area contributed by atoms with Gasteiger partial charge in [0, 0.05) is 6.92 Å². The maximum absolute atomic E-state index is 11.9. The van der Waals surface area contributed by atoms with Crippen molar-refractivity contribution in [3.63, 3.8) is 0 Å². The van der Waals surface area contributed by atoms with Crippen molar-refractivity contribution < 1.29 is 18.0 Å². The van der Waals surface area contributed by atoms with Crippen LogP contribution in [-0.4, -0.2) is 27.0 Å². The molecule has 72 valence electrons. The van der Waals surface area contributed by atoms with Gasteiger partial charge < -0.3 is 0 Å². The molecule has 0 N–H and O–H groups in total. The summed E-state index contributed by atoms with van der Waals surface area (Å²) < 4.78 is 36.1. The van der Waals surface area contributed by atoms with Crippen molar-refractivity contribution in [1.82, 2.24) is 15.0 Å². The van der Waals surface area contributed by atoms with Gasteiger partial charge in [0.05, 0.1) is 6.20 Å². The van der Waals surface area contributed by atoms with Crippen molar-refractivity contribution >= 4 is 5.78 Å². The van der Waals surface area contributed by atoms with Crippen LogP contribution in [0.25, 0.3) is 0 Å². The molecule has 7 heteroatoms. The Labute approximate surface area is 71.3 Å². The van der Waals surface area contributed by atoms with Crippen molar-refractivity contribution in [3.05, 3.63) is 11.9 Å². The highest BCUT2D eigenvalue weighted by Gasteiger charge is 2.30. The molecule has 0 spiro atoms. The van der Waals surface area contributed by atoms with Gasteiger partial charge in [-0.25, -0.2) is 4.68 Å². The van der Waals surface area contributed by atoms with Crippen LogP contribution < -0.4 is 0 Å². The Morgan fingerprint density at radius 1 is 1.62 bits per heavy atom. The molecule has 0 amide bonds. The van der Waals surface area contributed by atoms with Crippen LogP contribution in [0.3, 0.4) is 0 Å². The number of ketones is 1. The lowest BCUT2D eigenvalue weighted by Crippen LogP contribution is -2.21. The van der Waals surface area contributed by atoms with Gasteiger partial charge in [0.15, 0.2) is 5.78 Å². The Bertz CT molecular complexity index is 317. The molecule has 1 aromatic heterocycles. The highest BCUT2D eigenvalue weighted by atomic mass is 19.4. The van der Waals surface area contributed by atoms with Crippen molar-refractivity contribution in [2.45, 2.75) is 19.6 Å². The van der Waals surface area contributed by atoms with E-state index in [1.807, 2.05) is 0 Å². The standard InChI is InChI=1S/C6H6F3N3O/c1-4(13)5-2-10-11-12(5)3-6(7,8)9/h2H,3H2,1H3. The number of nitrogens with zero attached hydrogens (tertiary/aromatic N) is 3. The zero-order valence-electron chi connectivity index (χ0n) is 6.67. The third-order valence-corrected chi connectivity index (χ3v) is 1.31. The number of carbonyl (C=O) groups is 1. The lowest BCUT2D eigenvalue weighted by Gasteiger charge is -2.06. The minimum absolute atomic E-state index is 0.141. The van der Waals surface area contributed by atoms with Crippen molar-refractivity contribution in [2.24, 2.45) is 0 Å². The molecule has 0 bridgehead atoms. The summed E-state index contributed by atoms with van der Waals surface area (Å²) in [6.45, 7) is -0.131. The highest BCUT2D eigenvalue weighted by molar-refractivity contribution is 5.91. The lowest BCUT2D eigenvalue weighted by atomic mass is 10.3. The Morgan fingerprint density at radius 2 is 2.23 bits per heavy atom. The number of carbonyl (C=O) groups excluding carboxylic acids is 1. The summed E-state index contributed by atoms with van der Waals surface area (Å²) >= 11 is 0. The first-order chi connectivity index (χ1) is 5.90. The normalized spacial score (nSPS) is 11.7. The molecular formula is C6H6F3N3O. The number of hydrogen-bond donors (Lipinski definition) is 0. The van der Waals surface area contributed by atoms with Gasteiger partial charge in [-0.3, -0.25) is 4.79 Å². The average Bonchev–Trinajstić information content (AvgIpc) is 2.31. The molecular weight excluding hydrogens is 187 g/mol. The first kappa shape index (κ1) is 9.69. The number of hydrogen-bond acceptors (Lipinski definition) is 3. The van der Waals surface area contributed by atoms with Gasteiger partial charge in [0.25, 0.3) is 0 Å². The fourth-order valence-corrected chi connectivity index (χ4v) is 0.817. The number of alkyl halides is 3. The number of rotatable bonds is 2. The van der Waals surface area contributed by atoms with Crippen molar-refractivity contribution in [2.75, 3.05) is 0 Å². The van der Waals surface area contributed by atoms with Gasteiger partial charge in [-0.2, -0.15) is 13.2 Å². The van der Waals surface area contributed by atoms with E-state index >= 15 is 0 Å².